The highest BCUT2D eigenvalue weighted by Crippen LogP contribution is 2.47. The van der Waals surface area contributed by atoms with Crippen molar-refractivity contribution < 1.29 is 9.47 Å². The van der Waals surface area contributed by atoms with Crippen LogP contribution < -0.4 is 20.1 Å². The summed E-state index contributed by atoms with van der Waals surface area (Å²) in [4.78, 5) is 9.93. The first-order valence-corrected chi connectivity index (χ1v) is 23.1. The first-order valence-electron chi connectivity index (χ1n) is 23.1. The zero-order chi connectivity index (χ0) is 44.3. The number of benzene rings is 6. The van der Waals surface area contributed by atoms with Gasteiger partial charge in [-0.1, -0.05) is 102 Å². The van der Waals surface area contributed by atoms with Gasteiger partial charge in [0.15, 0.2) is 0 Å². The second-order valence-electron chi connectivity index (χ2n) is 19.9. The minimum atomic E-state index is 0.335. The minimum absolute atomic E-state index is 0.335. The number of hydrogen-bond acceptors (Lipinski definition) is 6. The number of aromatic nitrogens is 4. The third-order valence-corrected chi connectivity index (χ3v) is 12.8. The number of hydrogen-bond donors (Lipinski definition) is 2. The molecule has 0 radical (unpaired) electrons. The SMILES string of the molecule is C[C@@H]1C[C@H](n2c(Nc3ccc(Oc4ccccc4)cc3)nc3ccccc32)CC(C)(C)C1.C[C@H]1C[C@@H](n2c(Nc3ccc(Oc4ccccc4)cc3)nc3ccccc32)CC(C)(C)C1. The van der Waals surface area contributed by atoms with Crippen molar-refractivity contribution in [1.82, 2.24) is 19.1 Å². The Hall–Kier alpha value is -6.54. The quantitative estimate of drug-likeness (QED) is 0.143. The van der Waals surface area contributed by atoms with Gasteiger partial charge in [0, 0.05) is 23.5 Å². The zero-order valence-electron chi connectivity index (χ0n) is 38.2. The van der Waals surface area contributed by atoms with E-state index in [1.54, 1.807) is 0 Å². The number of ether oxygens (including phenoxy) is 2. The predicted molar refractivity (Wildman–Crippen MR) is 264 cm³/mol. The van der Waals surface area contributed by atoms with Crippen LogP contribution in [0.2, 0.25) is 0 Å². The van der Waals surface area contributed by atoms with E-state index >= 15 is 0 Å². The second kappa shape index (κ2) is 18.3. The summed E-state index contributed by atoms with van der Waals surface area (Å²) in [6.07, 6.45) is 7.25. The Bertz CT molecular complexity index is 2580. The molecule has 8 heteroatoms. The molecule has 2 saturated carbocycles. The van der Waals surface area contributed by atoms with Crippen LogP contribution >= 0.6 is 0 Å². The molecule has 0 unspecified atom stereocenters. The number of imidazole rings is 2. The van der Waals surface area contributed by atoms with Gasteiger partial charge in [-0.25, -0.2) is 9.97 Å². The predicted octanol–water partition coefficient (Wildman–Crippen LogP) is 15.9. The van der Waals surface area contributed by atoms with Gasteiger partial charge < -0.3 is 29.2 Å². The van der Waals surface area contributed by atoms with E-state index in [-0.39, 0.29) is 0 Å². The van der Waals surface area contributed by atoms with Crippen molar-refractivity contribution in [3.8, 4) is 23.0 Å². The van der Waals surface area contributed by atoms with E-state index in [0.717, 1.165) is 70.1 Å². The molecule has 8 aromatic rings. The highest BCUT2D eigenvalue weighted by Gasteiger charge is 2.36. The molecule has 4 atom stereocenters. The summed E-state index contributed by atoms with van der Waals surface area (Å²) in [6.45, 7) is 14.3. The Kier molecular flexibility index (Phi) is 12.2. The Balaban J connectivity index is 0.000000162. The maximum Gasteiger partial charge on any atom is 0.208 e. The number of anilines is 4. The number of rotatable bonds is 10. The van der Waals surface area contributed by atoms with Crippen LogP contribution in [-0.2, 0) is 0 Å². The number of fused-ring (bicyclic) bond motifs is 2. The van der Waals surface area contributed by atoms with Gasteiger partial charge >= 0.3 is 0 Å². The van der Waals surface area contributed by atoms with Crippen LogP contribution in [0.15, 0.2) is 158 Å². The molecular weight excluding hydrogens is 789 g/mol. The molecule has 6 aromatic carbocycles. The average Bonchev–Trinajstić information content (AvgIpc) is 3.82. The summed E-state index contributed by atoms with van der Waals surface area (Å²) in [5.74, 6) is 6.54. The molecule has 2 aliphatic carbocycles. The van der Waals surface area contributed by atoms with E-state index in [9.17, 15) is 0 Å². The number of nitrogens with zero attached hydrogens (tertiary/aromatic N) is 4. The van der Waals surface area contributed by atoms with Crippen LogP contribution in [0.1, 0.15) is 92.2 Å². The highest BCUT2D eigenvalue weighted by atomic mass is 16.5. The van der Waals surface area contributed by atoms with Crippen molar-refractivity contribution in [2.45, 2.75) is 92.2 Å². The van der Waals surface area contributed by atoms with E-state index < -0.39 is 0 Å². The Morgan fingerprint density at radius 3 is 1.16 bits per heavy atom. The average molecular weight is 851 g/mol. The molecule has 2 N–H and O–H groups in total. The molecule has 2 aromatic heterocycles. The zero-order valence-corrected chi connectivity index (χ0v) is 38.2. The van der Waals surface area contributed by atoms with Gasteiger partial charge in [0.25, 0.3) is 0 Å². The molecule has 2 heterocycles. The molecule has 10 rings (SSSR count). The molecule has 2 fully saturated rings. The smallest absolute Gasteiger partial charge is 0.208 e. The molecule has 0 bridgehead atoms. The summed E-state index contributed by atoms with van der Waals surface area (Å²) < 4.78 is 16.7. The molecule has 64 heavy (non-hydrogen) atoms. The first kappa shape index (κ1) is 42.7. The monoisotopic (exact) mass is 850 g/mol. The van der Waals surface area contributed by atoms with Gasteiger partial charge in [0.2, 0.25) is 11.9 Å². The Morgan fingerprint density at radius 1 is 0.438 bits per heavy atom. The van der Waals surface area contributed by atoms with Gasteiger partial charge in [-0.05, 0) is 158 Å². The van der Waals surface area contributed by atoms with E-state index in [2.05, 4.69) is 134 Å². The largest absolute Gasteiger partial charge is 0.457 e. The van der Waals surface area contributed by atoms with Crippen molar-refractivity contribution in [2.24, 2.45) is 22.7 Å². The first-order chi connectivity index (χ1) is 30.9. The fourth-order valence-corrected chi connectivity index (χ4v) is 10.7. The molecular formula is C56H62N6O2. The standard InChI is InChI=1S/2C28H31N3O/c2*1-20-17-22(19-28(2,3)18-20)31-26-12-8-7-11-25(26)30-27(31)29-21-13-15-24(16-14-21)32-23-9-5-4-6-10-23/h2*4-16,20,22H,17-19H2,1-3H3,(H,29,30)/t2*20-,22+/m10/s1. The lowest BCUT2D eigenvalue weighted by atomic mass is 9.70. The van der Waals surface area contributed by atoms with Crippen molar-refractivity contribution in [2.75, 3.05) is 10.6 Å². The normalized spacial score (nSPS) is 20.2. The van der Waals surface area contributed by atoms with Crippen LogP contribution in [0.5, 0.6) is 23.0 Å². The van der Waals surface area contributed by atoms with Gasteiger partial charge in [-0.15, -0.1) is 0 Å². The molecule has 2 aliphatic rings. The summed E-state index contributed by atoms with van der Waals surface area (Å²) in [6, 6.07) is 53.7. The molecule has 0 saturated heterocycles. The summed E-state index contributed by atoms with van der Waals surface area (Å²) in [7, 11) is 0. The number of nitrogens with one attached hydrogen (secondary N) is 2. The van der Waals surface area contributed by atoms with E-state index in [4.69, 9.17) is 19.4 Å². The Morgan fingerprint density at radius 2 is 0.781 bits per heavy atom. The number of para-hydroxylation sites is 6. The lowest BCUT2D eigenvalue weighted by Gasteiger charge is -2.40. The molecule has 328 valence electrons. The summed E-state index contributed by atoms with van der Waals surface area (Å²) in [5.41, 5.74) is 7.16. The maximum absolute atomic E-state index is 5.94. The lowest BCUT2D eigenvalue weighted by Crippen LogP contribution is -2.29. The fraction of sp³-hybridized carbons (Fsp3) is 0.321. The molecule has 0 spiro atoms. The fourth-order valence-electron chi connectivity index (χ4n) is 10.7. The van der Waals surface area contributed by atoms with Crippen LogP contribution in [0.4, 0.5) is 23.3 Å². The molecule has 0 amide bonds. The van der Waals surface area contributed by atoms with Crippen molar-refractivity contribution >= 4 is 45.3 Å². The summed E-state index contributed by atoms with van der Waals surface area (Å²) in [5, 5.41) is 7.18. The van der Waals surface area contributed by atoms with Crippen LogP contribution in [0.25, 0.3) is 22.1 Å². The van der Waals surface area contributed by atoms with Crippen LogP contribution in [0.3, 0.4) is 0 Å². The third-order valence-electron chi connectivity index (χ3n) is 12.8. The second-order valence-corrected chi connectivity index (χ2v) is 19.9. The lowest BCUT2D eigenvalue weighted by molar-refractivity contribution is 0.140. The van der Waals surface area contributed by atoms with Crippen molar-refractivity contribution in [3.05, 3.63) is 158 Å². The topological polar surface area (TPSA) is 78.2 Å². The van der Waals surface area contributed by atoms with Gasteiger partial charge in [0.1, 0.15) is 23.0 Å². The van der Waals surface area contributed by atoms with Crippen LogP contribution in [0, 0.1) is 22.7 Å². The third kappa shape index (κ3) is 10.1. The van der Waals surface area contributed by atoms with E-state index in [1.165, 1.54) is 36.7 Å². The van der Waals surface area contributed by atoms with Gasteiger partial charge in [0.05, 0.1) is 22.1 Å². The Labute approximate surface area is 378 Å². The molecule has 0 aliphatic heterocycles. The highest BCUT2D eigenvalue weighted by molar-refractivity contribution is 5.81. The van der Waals surface area contributed by atoms with Crippen molar-refractivity contribution in [3.63, 3.8) is 0 Å². The maximum atomic E-state index is 5.94. The van der Waals surface area contributed by atoms with E-state index in [1.807, 2.05) is 84.9 Å². The summed E-state index contributed by atoms with van der Waals surface area (Å²) >= 11 is 0. The van der Waals surface area contributed by atoms with Crippen LogP contribution in [-0.4, -0.2) is 19.1 Å². The van der Waals surface area contributed by atoms with Gasteiger partial charge in [-0.3, -0.25) is 0 Å². The minimum Gasteiger partial charge on any atom is -0.457 e. The molecule has 8 nitrogen and oxygen atoms in total. The van der Waals surface area contributed by atoms with Crippen molar-refractivity contribution in [1.29, 1.82) is 0 Å². The van der Waals surface area contributed by atoms with Gasteiger partial charge in [-0.2, -0.15) is 0 Å². The van der Waals surface area contributed by atoms with E-state index in [0.29, 0.717) is 34.7 Å².